The van der Waals surface area contributed by atoms with Gasteiger partial charge in [0.25, 0.3) is 11.4 Å². The minimum absolute atomic E-state index is 0.447. The second-order valence-corrected chi connectivity index (χ2v) is 5.94. The van der Waals surface area contributed by atoms with Gasteiger partial charge in [0, 0.05) is 11.9 Å². The van der Waals surface area contributed by atoms with E-state index in [0.29, 0.717) is 12.1 Å². The van der Waals surface area contributed by atoms with E-state index < -0.39 is 37.6 Å². The first-order chi connectivity index (χ1) is 12.7. The maximum Gasteiger partial charge on any atom is 0.324 e. The van der Waals surface area contributed by atoms with E-state index in [1.165, 1.54) is 30.5 Å². The maximum atomic E-state index is 10.4. The Hall–Kier alpha value is -3.63. The highest BCUT2D eigenvalue weighted by molar-refractivity contribution is 5.64. The third-order valence-electron chi connectivity index (χ3n) is 4.17. The molecular formula is C16H16N4O7. The summed E-state index contributed by atoms with van der Waals surface area (Å²) in [5.74, 6) is -0.479. The number of aryl methyl sites for hydroxylation is 1. The lowest BCUT2D eigenvalue weighted by atomic mass is 9.87. The first-order valence-corrected chi connectivity index (χ1v) is 7.96. The Morgan fingerprint density at radius 1 is 1.07 bits per heavy atom. The smallest absolute Gasteiger partial charge is 0.324 e. The molecule has 0 aliphatic heterocycles. The van der Waals surface area contributed by atoms with Gasteiger partial charge in [0.2, 0.25) is 0 Å². The second-order valence-electron chi connectivity index (χ2n) is 5.94. The van der Waals surface area contributed by atoms with Crippen molar-refractivity contribution in [1.82, 2.24) is 4.98 Å². The van der Waals surface area contributed by atoms with Crippen molar-refractivity contribution < 1.29 is 19.9 Å². The minimum atomic E-state index is -1.21. The van der Waals surface area contributed by atoms with Crippen LogP contribution in [-0.4, -0.2) is 24.9 Å². The Bertz CT molecular complexity index is 865. The van der Waals surface area contributed by atoms with E-state index in [9.17, 15) is 30.3 Å². The van der Waals surface area contributed by atoms with E-state index in [-0.39, 0.29) is 0 Å². The van der Waals surface area contributed by atoms with Crippen LogP contribution in [0.2, 0.25) is 0 Å². The van der Waals surface area contributed by atoms with Crippen LogP contribution < -0.4 is 0 Å². The van der Waals surface area contributed by atoms with Crippen LogP contribution in [0, 0.1) is 30.3 Å². The molecule has 0 radical (unpaired) electrons. The Balaban J connectivity index is 0.000000206. The number of fused-ring (bicyclic) bond motifs is 1. The summed E-state index contributed by atoms with van der Waals surface area (Å²) in [5.41, 5.74) is -0.206. The topological polar surface area (TPSA) is 163 Å². The van der Waals surface area contributed by atoms with Crippen LogP contribution in [-0.2, 0) is 6.42 Å². The number of aromatic hydroxyl groups is 1. The Morgan fingerprint density at radius 3 is 2.15 bits per heavy atom. The molecular weight excluding hydrogens is 360 g/mol. The van der Waals surface area contributed by atoms with Crippen LogP contribution in [0.5, 0.6) is 5.75 Å². The van der Waals surface area contributed by atoms with Crippen molar-refractivity contribution in [1.29, 1.82) is 0 Å². The minimum Gasteiger partial charge on any atom is -0.497 e. The molecule has 1 aliphatic rings. The molecule has 2 aromatic rings. The number of aromatic nitrogens is 1. The molecule has 0 fully saturated rings. The number of nitro benzene ring substituents is 3. The molecule has 1 N–H and O–H groups in total. The van der Waals surface area contributed by atoms with Crippen LogP contribution >= 0.6 is 0 Å². The summed E-state index contributed by atoms with van der Waals surface area (Å²) in [7, 11) is 0. The standard InChI is InChI=1S/C10H13N.C6H3N3O7/c1-8-4-2-6-10-9(8)5-3-7-11-10;10-6-4(8(13)14)1-3(7(11)12)2-5(6)9(15)16/h3,5,7-8H,2,4,6H2,1H3;1-2,10H. The molecule has 1 atom stereocenters. The van der Waals surface area contributed by atoms with Crippen molar-refractivity contribution in [3.05, 3.63) is 72.1 Å². The summed E-state index contributed by atoms with van der Waals surface area (Å²) >= 11 is 0. The lowest BCUT2D eigenvalue weighted by Gasteiger charge is -2.20. The van der Waals surface area contributed by atoms with Gasteiger partial charge in [-0.15, -0.1) is 0 Å². The summed E-state index contributed by atoms with van der Waals surface area (Å²) in [4.78, 5) is 32.1. The highest BCUT2D eigenvalue weighted by Gasteiger charge is 2.30. The lowest BCUT2D eigenvalue weighted by Crippen LogP contribution is -2.08. The lowest BCUT2D eigenvalue weighted by molar-refractivity contribution is -0.404. The second kappa shape index (κ2) is 8.17. The van der Waals surface area contributed by atoms with E-state index in [4.69, 9.17) is 5.11 Å². The van der Waals surface area contributed by atoms with Crippen LogP contribution in [0.4, 0.5) is 17.1 Å². The Kier molecular flexibility index (Phi) is 5.96. The van der Waals surface area contributed by atoms with E-state index in [0.717, 1.165) is 5.92 Å². The fourth-order valence-electron chi connectivity index (χ4n) is 2.81. The number of rotatable bonds is 3. The van der Waals surface area contributed by atoms with Crippen molar-refractivity contribution in [2.75, 3.05) is 0 Å². The zero-order valence-electron chi connectivity index (χ0n) is 14.3. The highest BCUT2D eigenvalue weighted by Crippen LogP contribution is 2.39. The van der Waals surface area contributed by atoms with Crippen LogP contribution in [0.25, 0.3) is 0 Å². The predicted octanol–water partition coefficient (Wildman–Crippen LogP) is 3.64. The molecule has 3 rings (SSSR count). The molecule has 1 aromatic carbocycles. The van der Waals surface area contributed by atoms with Gasteiger partial charge in [-0.25, -0.2) is 0 Å². The fraction of sp³-hybridized carbons (Fsp3) is 0.312. The maximum absolute atomic E-state index is 10.4. The predicted molar refractivity (Wildman–Crippen MR) is 93.7 cm³/mol. The molecule has 11 nitrogen and oxygen atoms in total. The summed E-state index contributed by atoms with van der Waals surface area (Å²) < 4.78 is 0. The van der Waals surface area contributed by atoms with Gasteiger partial charge in [0.05, 0.1) is 26.9 Å². The number of hydrogen-bond acceptors (Lipinski definition) is 8. The zero-order chi connectivity index (χ0) is 20.1. The van der Waals surface area contributed by atoms with Crippen LogP contribution in [0.1, 0.15) is 36.9 Å². The monoisotopic (exact) mass is 376 g/mol. The highest BCUT2D eigenvalue weighted by atomic mass is 16.6. The first-order valence-electron chi connectivity index (χ1n) is 7.96. The molecule has 1 aromatic heterocycles. The average Bonchev–Trinajstić information content (AvgIpc) is 2.62. The normalized spacial score (nSPS) is 15.1. The number of pyridine rings is 1. The quantitative estimate of drug-likeness (QED) is 0.626. The summed E-state index contributed by atoms with van der Waals surface area (Å²) in [6, 6.07) is 5.15. The SMILES string of the molecule is CC1CCCc2ncccc21.O=[N+]([O-])c1cc([N+](=O)[O-])c(O)c([N+](=O)[O-])c1. The van der Waals surface area contributed by atoms with E-state index in [1.54, 1.807) is 0 Å². The van der Waals surface area contributed by atoms with E-state index in [1.807, 2.05) is 12.3 Å². The van der Waals surface area contributed by atoms with E-state index >= 15 is 0 Å². The molecule has 0 bridgehead atoms. The summed E-state index contributed by atoms with van der Waals surface area (Å²) in [5, 5.41) is 40.2. The third kappa shape index (κ3) is 4.51. The molecule has 1 heterocycles. The van der Waals surface area contributed by atoms with Gasteiger partial charge in [-0.3, -0.25) is 35.3 Å². The largest absolute Gasteiger partial charge is 0.497 e. The van der Waals surface area contributed by atoms with E-state index in [2.05, 4.69) is 18.0 Å². The first kappa shape index (κ1) is 19.7. The number of nitrogens with zero attached hydrogens (tertiary/aromatic N) is 4. The number of nitro groups is 3. The van der Waals surface area contributed by atoms with Crippen molar-refractivity contribution in [3.8, 4) is 5.75 Å². The third-order valence-corrected chi connectivity index (χ3v) is 4.17. The summed E-state index contributed by atoms with van der Waals surface area (Å²) in [6.07, 6.45) is 5.72. The van der Waals surface area contributed by atoms with Crippen LogP contribution in [0.15, 0.2) is 30.5 Å². The van der Waals surface area contributed by atoms with Crippen LogP contribution in [0.3, 0.4) is 0 Å². The molecule has 0 saturated heterocycles. The van der Waals surface area contributed by atoms with Gasteiger partial charge < -0.3 is 5.11 Å². The van der Waals surface area contributed by atoms with Gasteiger partial charge in [-0.2, -0.15) is 0 Å². The molecule has 27 heavy (non-hydrogen) atoms. The van der Waals surface area contributed by atoms with Crippen molar-refractivity contribution >= 4 is 17.1 Å². The number of hydrogen-bond donors (Lipinski definition) is 1. The van der Waals surface area contributed by atoms with Gasteiger partial charge in [-0.1, -0.05) is 13.0 Å². The zero-order valence-corrected chi connectivity index (χ0v) is 14.3. The molecule has 11 heteroatoms. The van der Waals surface area contributed by atoms with Crippen molar-refractivity contribution in [3.63, 3.8) is 0 Å². The van der Waals surface area contributed by atoms with Gasteiger partial charge >= 0.3 is 11.4 Å². The number of phenols is 1. The van der Waals surface area contributed by atoms with Crippen molar-refractivity contribution in [2.45, 2.75) is 32.1 Å². The number of non-ortho nitro benzene ring substituents is 1. The molecule has 142 valence electrons. The number of phenolic OH excluding ortho intramolecular Hbond substituents is 1. The molecule has 0 amide bonds. The Morgan fingerprint density at radius 2 is 1.67 bits per heavy atom. The number of benzene rings is 1. The van der Waals surface area contributed by atoms with Gasteiger partial charge in [0.15, 0.2) is 0 Å². The molecule has 0 saturated carbocycles. The summed E-state index contributed by atoms with van der Waals surface area (Å²) in [6.45, 7) is 2.29. The molecule has 1 aliphatic carbocycles. The van der Waals surface area contributed by atoms with Gasteiger partial charge in [-0.05, 0) is 36.8 Å². The van der Waals surface area contributed by atoms with Crippen molar-refractivity contribution in [2.24, 2.45) is 0 Å². The molecule has 0 spiro atoms. The molecule has 1 unspecified atom stereocenters. The Labute approximate surface area is 152 Å². The fourth-order valence-corrected chi connectivity index (χ4v) is 2.81. The average molecular weight is 376 g/mol. The van der Waals surface area contributed by atoms with Gasteiger partial charge in [0.1, 0.15) is 0 Å².